The fourth-order valence-electron chi connectivity index (χ4n) is 3.23. The zero-order valence-corrected chi connectivity index (χ0v) is 14.4. The highest BCUT2D eigenvalue weighted by molar-refractivity contribution is 5.26. The van der Waals surface area contributed by atoms with E-state index in [-0.39, 0.29) is 11.0 Å². The lowest BCUT2D eigenvalue weighted by atomic mass is 9.81. The van der Waals surface area contributed by atoms with Crippen LogP contribution in [0.1, 0.15) is 53.0 Å². The molecule has 0 aromatic heterocycles. The van der Waals surface area contributed by atoms with Crippen LogP contribution in [0.3, 0.4) is 0 Å². The molecule has 1 fully saturated rings. The topological polar surface area (TPSA) is 15.3 Å². The van der Waals surface area contributed by atoms with E-state index in [0.717, 1.165) is 19.1 Å². The second kappa shape index (κ2) is 6.50. The lowest BCUT2D eigenvalue weighted by Gasteiger charge is -2.38. The van der Waals surface area contributed by atoms with Crippen LogP contribution in [0.25, 0.3) is 0 Å². The molecule has 0 amide bonds. The summed E-state index contributed by atoms with van der Waals surface area (Å²) in [7, 11) is 0. The standard InChI is InChI=1S/C19H32N2/c1-16-10-9-13-21(16)15-19(5,14-20-18(2,3)4)17-11-7-6-8-12-17/h6-8,11-12,16,20H,9-10,13-15H2,1-5H3. The molecule has 1 heterocycles. The Balaban J connectivity index is 2.17. The first kappa shape index (κ1) is 16.5. The lowest BCUT2D eigenvalue weighted by Crippen LogP contribution is -2.50. The van der Waals surface area contributed by atoms with Gasteiger partial charge in [0.15, 0.2) is 0 Å². The Bertz CT molecular complexity index is 435. The average molecular weight is 288 g/mol. The number of benzene rings is 1. The molecule has 2 heteroatoms. The number of nitrogens with zero attached hydrogens (tertiary/aromatic N) is 1. The maximum absolute atomic E-state index is 3.72. The van der Waals surface area contributed by atoms with Gasteiger partial charge in [0.05, 0.1) is 0 Å². The molecule has 1 aliphatic rings. The first-order valence-corrected chi connectivity index (χ1v) is 8.35. The molecule has 1 aromatic rings. The minimum Gasteiger partial charge on any atom is -0.311 e. The molecular formula is C19H32N2. The molecule has 2 rings (SSSR count). The molecule has 0 radical (unpaired) electrons. The normalized spacial score (nSPS) is 23.2. The summed E-state index contributed by atoms with van der Waals surface area (Å²) >= 11 is 0. The molecule has 0 saturated carbocycles. The average Bonchev–Trinajstić information content (AvgIpc) is 2.82. The van der Waals surface area contributed by atoms with Crippen molar-refractivity contribution in [3.63, 3.8) is 0 Å². The molecule has 0 bridgehead atoms. The molecule has 2 atom stereocenters. The molecule has 1 saturated heterocycles. The maximum atomic E-state index is 3.72. The third kappa shape index (κ3) is 4.55. The van der Waals surface area contributed by atoms with Crippen LogP contribution in [0.15, 0.2) is 30.3 Å². The van der Waals surface area contributed by atoms with E-state index in [4.69, 9.17) is 0 Å². The van der Waals surface area contributed by atoms with Crippen molar-refractivity contribution in [1.82, 2.24) is 10.2 Å². The van der Waals surface area contributed by atoms with Crippen LogP contribution in [-0.4, -0.2) is 36.1 Å². The SMILES string of the molecule is CC1CCCN1CC(C)(CNC(C)(C)C)c1ccccc1. The highest BCUT2D eigenvalue weighted by Gasteiger charge is 2.33. The second-order valence-electron chi connectivity index (χ2n) is 7.99. The number of rotatable bonds is 5. The summed E-state index contributed by atoms with van der Waals surface area (Å²) in [5, 5.41) is 3.72. The van der Waals surface area contributed by atoms with Gasteiger partial charge in [-0.05, 0) is 52.6 Å². The van der Waals surface area contributed by atoms with Crippen LogP contribution in [0.4, 0.5) is 0 Å². The van der Waals surface area contributed by atoms with Gasteiger partial charge in [0.25, 0.3) is 0 Å². The van der Waals surface area contributed by atoms with Crippen molar-refractivity contribution in [3.05, 3.63) is 35.9 Å². The van der Waals surface area contributed by atoms with Gasteiger partial charge in [0.2, 0.25) is 0 Å². The van der Waals surface area contributed by atoms with Gasteiger partial charge >= 0.3 is 0 Å². The van der Waals surface area contributed by atoms with E-state index in [0.29, 0.717) is 0 Å². The van der Waals surface area contributed by atoms with Crippen molar-refractivity contribution in [2.75, 3.05) is 19.6 Å². The van der Waals surface area contributed by atoms with Gasteiger partial charge < -0.3 is 5.32 Å². The van der Waals surface area contributed by atoms with Gasteiger partial charge in [0, 0.05) is 30.1 Å². The fraction of sp³-hybridized carbons (Fsp3) is 0.684. The van der Waals surface area contributed by atoms with Gasteiger partial charge in [-0.2, -0.15) is 0 Å². The summed E-state index contributed by atoms with van der Waals surface area (Å²) in [4.78, 5) is 2.66. The maximum Gasteiger partial charge on any atom is 0.0177 e. The number of hydrogen-bond donors (Lipinski definition) is 1. The van der Waals surface area contributed by atoms with Gasteiger partial charge in [-0.1, -0.05) is 37.3 Å². The molecule has 1 aromatic carbocycles. The van der Waals surface area contributed by atoms with E-state index in [1.54, 1.807) is 0 Å². The Labute approximate surface area is 130 Å². The molecule has 0 spiro atoms. The molecule has 1 aliphatic heterocycles. The van der Waals surface area contributed by atoms with Gasteiger partial charge in [-0.3, -0.25) is 4.90 Å². The second-order valence-corrected chi connectivity index (χ2v) is 7.99. The third-order valence-corrected chi connectivity index (χ3v) is 4.72. The van der Waals surface area contributed by atoms with E-state index in [9.17, 15) is 0 Å². The number of likely N-dealkylation sites (tertiary alicyclic amines) is 1. The van der Waals surface area contributed by atoms with Crippen molar-refractivity contribution in [1.29, 1.82) is 0 Å². The molecule has 2 nitrogen and oxygen atoms in total. The quantitative estimate of drug-likeness (QED) is 0.886. The van der Waals surface area contributed by atoms with Gasteiger partial charge in [-0.15, -0.1) is 0 Å². The Hall–Kier alpha value is -0.860. The third-order valence-electron chi connectivity index (χ3n) is 4.72. The highest BCUT2D eigenvalue weighted by Crippen LogP contribution is 2.28. The minimum absolute atomic E-state index is 0.159. The number of nitrogens with one attached hydrogen (secondary N) is 1. The molecule has 21 heavy (non-hydrogen) atoms. The number of hydrogen-bond acceptors (Lipinski definition) is 2. The van der Waals surface area contributed by atoms with E-state index in [1.165, 1.54) is 24.9 Å². The van der Waals surface area contributed by atoms with Crippen LogP contribution in [0.2, 0.25) is 0 Å². The predicted octanol–water partition coefficient (Wildman–Crippen LogP) is 3.82. The van der Waals surface area contributed by atoms with Gasteiger partial charge in [-0.25, -0.2) is 0 Å². The van der Waals surface area contributed by atoms with E-state index in [1.807, 2.05) is 0 Å². The Morgan fingerprint density at radius 3 is 2.33 bits per heavy atom. The van der Waals surface area contributed by atoms with Crippen LogP contribution in [0, 0.1) is 0 Å². The van der Waals surface area contributed by atoms with Crippen molar-refractivity contribution in [2.24, 2.45) is 0 Å². The smallest absolute Gasteiger partial charge is 0.0177 e. The largest absolute Gasteiger partial charge is 0.311 e. The minimum atomic E-state index is 0.159. The summed E-state index contributed by atoms with van der Waals surface area (Å²) in [6, 6.07) is 11.7. The highest BCUT2D eigenvalue weighted by atomic mass is 15.2. The van der Waals surface area contributed by atoms with Crippen LogP contribution >= 0.6 is 0 Å². The molecule has 0 aliphatic carbocycles. The fourth-order valence-corrected chi connectivity index (χ4v) is 3.23. The van der Waals surface area contributed by atoms with Crippen molar-refractivity contribution in [2.45, 2.75) is 64.5 Å². The Kier molecular flexibility index (Phi) is 5.11. The molecule has 1 N–H and O–H groups in total. The zero-order valence-electron chi connectivity index (χ0n) is 14.4. The summed E-state index contributed by atoms with van der Waals surface area (Å²) in [5.41, 5.74) is 1.76. The van der Waals surface area contributed by atoms with Gasteiger partial charge in [0.1, 0.15) is 0 Å². The summed E-state index contributed by atoms with van der Waals surface area (Å²) < 4.78 is 0. The van der Waals surface area contributed by atoms with Crippen molar-refractivity contribution in [3.8, 4) is 0 Å². The lowest BCUT2D eigenvalue weighted by molar-refractivity contribution is 0.198. The van der Waals surface area contributed by atoms with Crippen molar-refractivity contribution < 1.29 is 0 Å². The van der Waals surface area contributed by atoms with Crippen molar-refractivity contribution >= 4 is 0 Å². The summed E-state index contributed by atoms with van der Waals surface area (Å²) in [5.74, 6) is 0. The molecular weight excluding hydrogens is 256 g/mol. The summed E-state index contributed by atoms with van der Waals surface area (Å²) in [6.45, 7) is 14.9. The first-order chi connectivity index (χ1) is 9.80. The van der Waals surface area contributed by atoms with Crippen LogP contribution < -0.4 is 5.32 Å². The van der Waals surface area contributed by atoms with E-state index in [2.05, 4.69) is 75.2 Å². The predicted molar refractivity (Wildman–Crippen MR) is 91.8 cm³/mol. The first-order valence-electron chi connectivity index (χ1n) is 8.35. The monoisotopic (exact) mass is 288 g/mol. The Morgan fingerprint density at radius 2 is 1.81 bits per heavy atom. The Morgan fingerprint density at radius 1 is 1.14 bits per heavy atom. The zero-order chi connectivity index (χ0) is 15.5. The van der Waals surface area contributed by atoms with E-state index < -0.39 is 0 Å². The molecule has 118 valence electrons. The van der Waals surface area contributed by atoms with Crippen LogP contribution in [0.5, 0.6) is 0 Å². The van der Waals surface area contributed by atoms with Crippen LogP contribution in [-0.2, 0) is 5.41 Å². The molecule has 2 unspecified atom stereocenters. The van der Waals surface area contributed by atoms with E-state index >= 15 is 0 Å². The summed E-state index contributed by atoms with van der Waals surface area (Å²) in [6.07, 6.45) is 2.69.